The van der Waals surface area contributed by atoms with E-state index in [0.29, 0.717) is 13.1 Å². The van der Waals surface area contributed by atoms with E-state index in [9.17, 15) is 12.8 Å². The molecule has 1 fully saturated rings. The van der Waals surface area contributed by atoms with Gasteiger partial charge in [0.05, 0.1) is 11.5 Å². The molecule has 1 aliphatic rings. The van der Waals surface area contributed by atoms with Crippen molar-refractivity contribution >= 4 is 21.8 Å². The number of sulfonamides is 1. The summed E-state index contributed by atoms with van der Waals surface area (Å²) >= 11 is 1.70. The lowest BCUT2D eigenvalue weighted by molar-refractivity contribution is 0.280. The monoisotopic (exact) mass is 305 g/mol. The molecule has 1 aliphatic heterocycles. The van der Waals surface area contributed by atoms with Crippen LogP contribution in [0.3, 0.4) is 0 Å². The van der Waals surface area contributed by atoms with E-state index in [1.54, 1.807) is 11.8 Å². The Hall–Kier alpha value is -0.630. The van der Waals surface area contributed by atoms with Crippen molar-refractivity contribution in [1.82, 2.24) is 4.31 Å². The van der Waals surface area contributed by atoms with E-state index in [2.05, 4.69) is 0 Å². The number of aliphatic hydroxyl groups is 1. The summed E-state index contributed by atoms with van der Waals surface area (Å²) in [6.07, 6.45) is 0. The summed E-state index contributed by atoms with van der Waals surface area (Å²) in [6, 6.07) is 2.52. The van der Waals surface area contributed by atoms with Crippen molar-refractivity contribution in [2.24, 2.45) is 0 Å². The van der Waals surface area contributed by atoms with Crippen LogP contribution in [0.2, 0.25) is 0 Å². The van der Waals surface area contributed by atoms with Gasteiger partial charge in [0.15, 0.2) is 0 Å². The van der Waals surface area contributed by atoms with E-state index in [1.807, 2.05) is 0 Å². The molecule has 0 saturated carbocycles. The summed E-state index contributed by atoms with van der Waals surface area (Å²) in [5.74, 6) is 0.900. The van der Waals surface area contributed by atoms with Crippen LogP contribution >= 0.6 is 11.8 Å². The van der Waals surface area contributed by atoms with Crippen molar-refractivity contribution in [2.75, 3.05) is 24.6 Å². The topological polar surface area (TPSA) is 57.6 Å². The van der Waals surface area contributed by atoms with Crippen LogP contribution in [0, 0.1) is 12.7 Å². The molecule has 1 N–H and O–H groups in total. The molecule has 0 bridgehead atoms. The average Bonchev–Trinajstić information content (AvgIpc) is 2.42. The molecule has 2 rings (SSSR count). The van der Waals surface area contributed by atoms with Gasteiger partial charge in [-0.2, -0.15) is 16.1 Å². The van der Waals surface area contributed by atoms with Crippen LogP contribution in [0.15, 0.2) is 17.0 Å². The van der Waals surface area contributed by atoms with Crippen LogP contribution in [0.1, 0.15) is 11.1 Å². The maximum atomic E-state index is 13.7. The van der Waals surface area contributed by atoms with E-state index in [4.69, 9.17) is 5.11 Å². The number of thioether (sulfide) groups is 1. The molecule has 1 aromatic carbocycles. The van der Waals surface area contributed by atoms with Crippen molar-refractivity contribution in [2.45, 2.75) is 18.4 Å². The molecule has 0 radical (unpaired) electrons. The molecule has 1 heterocycles. The Labute approximate surface area is 116 Å². The zero-order valence-corrected chi connectivity index (χ0v) is 12.2. The SMILES string of the molecule is Cc1c(F)cc(CO)cc1S(=O)(=O)N1CCSCC1. The maximum Gasteiger partial charge on any atom is 0.243 e. The predicted molar refractivity (Wildman–Crippen MR) is 73.1 cm³/mol. The van der Waals surface area contributed by atoms with Crippen molar-refractivity contribution in [1.29, 1.82) is 0 Å². The molecule has 106 valence electrons. The van der Waals surface area contributed by atoms with Crippen LogP contribution in [0.25, 0.3) is 0 Å². The fourth-order valence-corrected chi connectivity index (χ4v) is 4.85. The number of hydrogen-bond donors (Lipinski definition) is 1. The van der Waals surface area contributed by atoms with E-state index in [0.717, 1.165) is 11.5 Å². The minimum absolute atomic E-state index is 0.0385. The Balaban J connectivity index is 2.47. The first-order chi connectivity index (χ1) is 8.96. The van der Waals surface area contributed by atoms with E-state index in [1.165, 1.54) is 23.4 Å². The Morgan fingerprint density at radius 1 is 1.37 bits per heavy atom. The van der Waals surface area contributed by atoms with Gasteiger partial charge in [-0.05, 0) is 24.6 Å². The van der Waals surface area contributed by atoms with Gasteiger partial charge in [0, 0.05) is 30.2 Å². The lowest BCUT2D eigenvalue weighted by Gasteiger charge is -2.26. The molecular formula is C12H16FNO3S2. The Kier molecular flexibility index (Phi) is 4.50. The lowest BCUT2D eigenvalue weighted by Crippen LogP contribution is -2.38. The summed E-state index contributed by atoms with van der Waals surface area (Å²) in [7, 11) is -3.68. The van der Waals surface area contributed by atoms with Crippen LogP contribution in [0.4, 0.5) is 4.39 Å². The maximum absolute atomic E-state index is 13.7. The molecule has 0 amide bonds. The summed E-state index contributed by atoms with van der Waals surface area (Å²) in [6.45, 7) is 1.95. The number of aliphatic hydroxyl groups excluding tert-OH is 1. The van der Waals surface area contributed by atoms with Gasteiger partial charge < -0.3 is 5.11 Å². The van der Waals surface area contributed by atoms with Gasteiger partial charge in [0.2, 0.25) is 10.0 Å². The third-order valence-corrected chi connectivity index (χ3v) is 6.09. The highest BCUT2D eigenvalue weighted by Gasteiger charge is 2.28. The lowest BCUT2D eigenvalue weighted by atomic mass is 10.1. The van der Waals surface area contributed by atoms with Crippen molar-refractivity contribution in [3.05, 3.63) is 29.1 Å². The standard InChI is InChI=1S/C12H16FNO3S2/c1-9-11(13)6-10(8-15)7-12(9)19(16,17)14-2-4-18-5-3-14/h6-7,15H,2-5,8H2,1H3. The first kappa shape index (κ1) is 14.8. The number of rotatable bonds is 3. The Morgan fingerprint density at radius 2 is 2.00 bits per heavy atom. The number of hydrogen-bond acceptors (Lipinski definition) is 4. The molecule has 1 aromatic rings. The summed E-state index contributed by atoms with van der Waals surface area (Å²) in [5.41, 5.74) is 0.378. The summed E-state index contributed by atoms with van der Waals surface area (Å²) in [5, 5.41) is 9.08. The minimum Gasteiger partial charge on any atom is -0.392 e. The van der Waals surface area contributed by atoms with Gasteiger partial charge in [0.25, 0.3) is 0 Å². The zero-order chi connectivity index (χ0) is 14.0. The second kappa shape index (κ2) is 5.78. The Morgan fingerprint density at radius 3 is 2.58 bits per heavy atom. The number of benzene rings is 1. The molecule has 0 aromatic heterocycles. The highest BCUT2D eigenvalue weighted by atomic mass is 32.2. The fourth-order valence-electron chi connectivity index (χ4n) is 1.99. The summed E-state index contributed by atoms with van der Waals surface area (Å²) in [4.78, 5) is -0.0385. The van der Waals surface area contributed by atoms with Crippen molar-refractivity contribution in [3.8, 4) is 0 Å². The third kappa shape index (κ3) is 2.94. The van der Waals surface area contributed by atoms with Crippen LogP contribution in [-0.2, 0) is 16.6 Å². The fraction of sp³-hybridized carbons (Fsp3) is 0.500. The third-order valence-electron chi connectivity index (χ3n) is 3.13. The molecule has 0 atom stereocenters. The molecular weight excluding hydrogens is 289 g/mol. The summed E-state index contributed by atoms with van der Waals surface area (Å²) < 4.78 is 40.1. The van der Waals surface area contributed by atoms with E-state index in [-0.39, 0.29) is 22.6 Å². The van der Waals surface area contributed by atoms with Crippen LogP contribution in [-0.4, -0.2) is 42.4 Å². The van der Waals surface area contributed by atoms with E-state index >= 15 is 0 Å². The second-order valence-corrected chi connectivity index (χ2v) is 7.51. The van der Waals surface area contributed by atoms with Crippen LogP contribution < -0.4 is 0 Å². The average molecular weight is 305 g/mol. The van der Waals surface area contributed by atoms with Gasteiger partial charge in [-0.3, -0.25) is 0 Å². The van der Waals surface area contributed by atoms with Crippen molar-refractivity contribution in [3.63, 3.8) is 0 Å². The highest BCUT2D eigenvalue weighted by molar-refractivity contribution is 7.99. The molecule has 19 heavy (non-hydrogen) atoms. The molecule has 4 nitrogen and oxygen atoms in total. The number of nitrogens with zero attached hydrogens (tertiary/aromatic N) is 1. The predicted octanol–water partition coefficient (Wildman–Crippen LogP) is 1.36. The second-order valence-electron chi connectivity index (χ2n) is 4.38. The van der Waals surface area contributed by atoms with Gasteiger partial charge in [-0.1, -0.05) is 0 Å². The first-order valence-corrected chi connectivity index (χ1v) is 8.54. The molecule has 0 spiro atoms. The molecule has 0 aliphatic carbocycles. The van der Waals surface area contributed by atoms with Gasteiger partial charge in [0.1, 0.15) is 5.82 Å². The normalized spacial score (nSPS) is 17.6. The molecule has 1 saturated heterocycles. The minimum atomic E-state index is -3.68. The van der Waals surface area contributed by atoms with Gasteiger partial charge >= 0.3 is 0 Å². The molecule has 7 heteroatoms. The largest absolute Gasteiger partial charge is 0.392 e. The first-order valence-electron chi connectivity index (χ1n) is 5.94. The quantitative estimate of drug-likeness (QED) is 0.916. The van der Waals surface area contributed by atoms with Crippen molar-refractivity contribution < 1.29 is 17.9 Å². The number of halogens is 1. The smallest absolute Gasteiger partial charge is 0.243 e. The Bertz CT molecular complexity index is 569. The van der Waals surface area contributed by atoms with Gasteiger partial charge in [-0.15, -0.1) is 0 Å². The van der Waals surface area contributed by atoms with Crippen LogP contribution in [0.5, 0.6) is 0 Å². The highest BCUT2D eigenvalue weighted by Crippen LogP contribution is 2.25. The van der Waals surface area contributed by atoms with E-state index < -0.39 is 15.8 Å². The molecule has 0 unspecified atom stereocenters. The zero-order valence-electron chi connectivity index (χ0n) is 10.6. The van der Waals surface area contributed by atoms with Gasteiger partial charge in [-0.25, -0.2) is 12.8 Å².